The number of ketones is 1. The summed E-state index contributed by atoms with van der Waals surface area (Å²) in [5, 5.41) is 10.5. The van der Waals surface area contributed by atoms with Crippen LogP contribution in [0.25, 0.3) is 0 Å². The van der Waals surface area contributed by atoms with Crippen LogP contribution in [0.1, 0.15) is 60.4 Å². The highest BCUT2D eigenvalue weighted by molar-refractivity contribution is 6.01. The molecule has 0 saturated heterocycles. The van der Waals surface area contributed by atoms with E-state index in [1.165, 1.54) is 17.0 Å². The number of carbonyl (C=O) groups excluding carboxylic acids is 1. The number of Topliss-reactive ketones (excluding diaryl/α,β-unsaturated/α-hetero) is 1. The monoisotopic (exact) mass is 601 g/mol. The molecule has 6 nitrogen and oxygen atoms in total. The van der Waals surface area contributed by atoms with E-state index in [2.05, 4.69) is 6.07 Å². The molecule has 0 fully saturated rings. The number of ether oxygens (including phenoxy) is 2. The lowest BCUT2D eigenvalue weighted by atomic mass is 9.68. The summed E-state index contributed by atoms with van der Waals surface area (Å²) in [5.41, 5.74) is 9.91. The normalized spacial score (nSPS) is 18.2. The molecule has 3 aromatic carbocycles. The molecule has 2 N–H and O–H groups in total. The Kier molecular flexibility index (Phi) is 7.98. The van der Waals surface area contributed by atoms with Crippen LogP contribution in [0.4, 0.5) is 18.9 Å². The molecule has 1 aliphatic carbocycles. The molecule has 1 unspecified atom stereocenters. The molecule has 228 valence electrons. The summed E-state index contributed by atoms with van der Waals surface area (Å²) in [6, 6.07) is 18.2. The van der Waals surface area contributed by atoms with Crippen LogP contribution in [0.15, 0.2) is 83.3 Å². The standard InChI is InChI=1S/C35H34F3N3O3/c1-20-13-22(19-44-26-11-9-25(43-5)10-12-26)21(2)27(14-20)31-28(18-39)33(40)41(24-8-6-7-23(15-24)35(36,37)38)29-16-34(3,4)17-30(42)32(29)31/h6-15,31H,16-17,19,40H2,1-5H3. The number of nitriles is 1. The van der Waals surface area contributed by atoms with Gasteiger partial charge < -0.3 is 15.2 Å². The van der Waals surface area contributed by atoms with Gasteiger partial charge in [0.15, 0.2) is 5.78 Å². The van der Waals surface area contributed by atoms with E-state index in [4.69, 9.17) is 15.2 Å². The minimum Gasteiger partial charge on any atom is -0.497 e. The van der Waals surface area contributed by atoms with Crippen LogP contribution in [-0.2, 0) is 17.6 Å². The van der Waals surface area contributed by atoms with Gasteiger partial charge in [-0.3, -0.25) is 9.69 Å². The van der Waals surface area contributed by atoms with Crippen LogP contribution in [-0.4, -0.2) is 12.9 Å². The maximum atomic E-state index is 14.0. The lowest BCUT2D eigenvalue weighted by Crippen LogP contribution is -2.42. The van der Waals surface area contributed by atoms with Crippen molar-refractivity contribution < 1.29 is 27.4 Å². The quantitative estimate of drug-likeness (QED) is 0.310. The molecule has 9 heteroatoms. The summed E-state index contributed by atoms with van der Waals surface area (Å²) < 4.78 is 52.4. The van der Waals surface area contributed by atoms with Gasteiger partial charge in [-0.15, -0.1) is 0 Å². The van der Waals surface area contributed by atoms with Crippen molar-refractivity contribution in [1.29, 1.82) is 5.26 Å². The zero-order valence-electron chi connectivity index (χ0n) is 25.3. The molecule has 0 radical (unpaired) electrons. The van der Waals surface area contributed by atoms with Crippen LogP contribution in [0.5, 0.6) is 11.5 Å². The van der Waals surface area contributed by atoms with Crippen molar-refractivity contribution >= 4 is 11.5 Å². The third kappa shape index (κ3) is 5.77. The largest absolute Gasteiger partial charge is 0.497 e. The molecule has 44 heavy (non-hydrogen) atoms. The number of hydrogen-bond donors (Lipinski definition) is 1. The zero-order valence-corrected chi connectivity index (χ0v) is 25.3. The summed E-state index contributed by atoms with van der Waals surface area (Å²) in [6.45, 7) is 7.98. The number of rotatable bonds is 6. The molecule has 1 heterocycles. The number of benzene rings is 3. The van der Waals surface area contributed by atoms with E-state index in [9.17, 15) is 23.2 Å². The summed E-state index contributed by atoms with van der Waals surface area (Å²) in [5.74, 6) is 0.438. The second-order valence-corrected chi connectivity index (χ2v) is 12.1. The minimum atomic E-state index is -4.58. The number of nitrogens with zero attached hydrogens (tertiary/aromatic N) is 2. The van der Waals surface area contributed by atoms with Crippen molar-refractivity contribution in [1.82, 2.24) is 0 Å². The average molecular weight is 602 g/mol. The molecule has 0 aromatic heterocycles. The van der Waals surface area contributed by atoms with E-state index in [1.54, 1.807) is 19.2 Å². The molecule has 1 aliphatic heterocycles. The summed E-state index contributed by atoms with van der Waals surface area (Å²) in [6.07, 6.45) is -3.96. The molecule has 0 amide bonds. The maximum Gasteiger partial charge on any atom is 0.416 e. The number of anilines is 1. The number of hydrogen-bond acceptors (Lipinski definition) is 6. The van der Waals surface area contributed by atoms with Gasteiger partial charge in [-0.05, 0) is 84.8 Å². The first kappa shape index (κ1) is 30.7. The molecule has 0 bridgehead atoms. The number of carbonyl (C=O) groups is 1. The fourth-order valence-corrected chi connectivity index (χ4v) is 6.18. The topological polar surface area (TPSA) is 88.6 Å². The van der Waals surface area contributed by atoms with Crippen molar-refractivity contribution in [2.75, 3.05) is 12.0 Å². The molecule has 2 aliphatic rings. The highest BCUT2D eigenvalue weighted by Crippen LogP contribution is 2.51. The fraction of sp³-hybridized carbons (Fsp3) is 0.314. The summed E-state index contributed by atoms with van der Waals surface area (Å²) in [7, 11) is 1.59. The highest BCUT2D eigenvalue weighted by Gasteiger charge is 2.45. The van der Waals surface area contributed by atoms with E-state index in [0.717, 1.165) is 34.4 Å². The van der Waals surface area contributed by atoms with Gasteiger partial charge in [0.25, 0.3) is 0 Å². The summed E-state index contributed by atoms with van der Waals surface area (Å²) >= 11 is 0. The van der Waals surface area contributed by atoms with Gasteiger partial charge in [-0.25, -0.2) is 0 Å². The van der Waals surface area contributed by atoms with Crippen molar-refractivity contribution in [2.24, 2.45) is 11.1 Å². The molecular weight excluding hydrogens is 567 g/mol. The molecule has 5 rings (SSSR count). The molecular formula is C35H34F3N3O3. The second kappa shape index (κ2) is 11.4. The molecule has 0 spiro atoms. The Labute approximate surface area is 255 Å². The van der Waals surface area contributed by atoms with Crippen LogP contribution < -0.4 is 20.1 Å². The first-order valence-corrected chi connectivity index (χ1v) is 14.2. The van der Waals surface area contributed by atoms with Crippen LogP contribution in [0.2, 0.25) is 0 Å². The fourth-order valence-electron chi connectivity index (χ4n) is 6.18. The van der Waals surface area contributed by atoms with Gasteiger partial charge in [0, 0.05) is 23.4 Å². The Hall–Kier alpha value is -4.71. The number of nitrogens with two attached hydrogens (primary N) is 1. The Bertz CT molecular complexity index is 1730. The Morgan fingerprint density at radius 2 is 1.73 bits per heavy atom. The summed E-state index contributed by atoms with van der Waals surface area (Å²) in [4.78, 5) is 15.4. The van der Waals surface area contributed by atoms with Gasteiger partial charge in [-0.1, -0.05) is 37.6 Å². The highest BCUT2D eigenvalue weighted by atomic mass is 19.4. The van der Waals surface area contributed by atoms with E-state index < -0.39 is 23.1 Å². The van der Waals surface area contributed by atoms with Gasteiger partial charge >= 0.3 is 6.18 Å². The number of methoxy groups -OCH3 is 1. The van der Waals surface area contributed by atoms with Crippen molar-refractivity contribution in [3.8, 4) is 17.6 Å². The Balaban J connectivity index is 1.65. The first-order chi connectivity index (χ1) is 20.7. The van der Waals surface area contributed by atoms with Crippen LogP contribution >= 0.6 is 0 Å². The van der Waals surface area contributed by atoms with Gasteiger partial charge in [0.2, 0.25) is 0 Å². The van der Waals surface area contributed by atoms with Crippen molar-refractivity contribution in [3.63, 3.8) is 0 Å². The van der Waals surface area contributed by atoms with Crippen molar-refractivity contribution in [2.45, 2.75) is 59.2 Å². The van der Waals surface area contributed by atoms with Crippen LogP contribution in [0, 0.1) is 30.6 Å². The predicted octanol–water partition coefficient (Wildman–Crippen LogP) is 7.85. The Morgan fingerprint density at radius 1 is 1.05 bits per heavy atom. The molecule has 3 aromatic rings. The molecule has 0 saturated carbocycles. The van der Waals surface area contributed by atoms with Gasteiger partial charge in [0.05, 0.1) is 30.2 Å². The second-order valence-electron chi connectivity index (χ2n) is 12.1. The third-order valence-electron chi connectivity index (χ3n) is 8.28. The third-order valence-corrected chi connectivity index (χ3v) is 8.28. The van der Waals surface area contributed by atoms with Gasteiger partial charge in [-0.2, -0.15) is 18.4 Å². The Morgan fingerprint density at radius 3 is 2.36 bits per heavy atom. The lowest BCUT2D eigenvalue weighted by molar-refractivity contribution is -0.137. The van der Waals surface area contributed by atoms with Crippen LogP contribution in [0.3, 0.4) is 0 Å². The SMILES string of the molecule is COc1ccc(OCc2cc(C)cc(C3C(C#N)=C(N)N(c4cccc(C(F)(F)F)c4)C4=C3C(=O)CC(C)(C)C4)c2C)cc1. The van der Waals surface area contributed by atoms with Gasteiger partial charge in [0.1, 0.15) is 23.9 Å². The van der Waals surface area contributed by atoms with E-state index >= 15 is 0 Å². The minimum absolute atomic E-state index is 0.0120. The molecule has 1 atom stereocenters. The number of alkyl halides is 3. The smallest absolute Gasteiger partial charge is 0.416 e. The first-order valence-electron chi connectivity index (χ1n) is 14.2. The van der Waals surface area contributed by atoms with E-state index in [-0.39, 0.29) is 35.9 Å². The predicted molar refractivity (Wildman–Crippen MR) is 162 cm³/mol. The van der Waals surface area contributed by atoms with E-state index in [0.29, 0.717) is 29.2 Å². The number of halogens is 3. The lowest BCUT2D eigenvalue weighted by Gasteiger charge is -2.44. The average Bonchev–Trinajstić information content (AvgIpc) is 2.96. The zero-order chi connectivity index (χ0) is 32.0. The number of allylic oxidation sites excluding steroid dienone is 3. The van der Waals surface area contributed by atoms with Crippen molar-refractivity contribution in [3.05, 3.63) is 111 Å². The maximum absolute atomic E-state index is 14.0. The number of aryl methyl sites for hydroxylation is 1. The van der Waals surface area contributed by atoms with E-state index in [1.807, 2.05) is 52.0 Å².